The molecule has 0 amide bonds. The van der Waals surface area contributed by atoms with E-state index in [-0.39, 0.29) is 6.17 Å². The van der Waals surface area contributed by atoms with Gasteiger partial charge in [-0.2, -0.15) is 0 Å². The number of allylic oxidation sites excluding steroid dienone is 1. The van der Waals surface area contributed by atoms with Gasteiger partial charge < -0.3 is 14.3 Å². The third-order valence-electron chi connectivity index (χ3n) is 14.0. The van der Waals surface area contributed by atoms with Crippen molar-refractivity contribution in [1.29, 1.82) is 0 Å². The Bertz CT molecular complexity index is 4240. The summed E-state index contributed by atoms with van der Waals surface area (Å²) in [5.74, 6) is 0. The van der Waals surface area contributed by atoms with Gasteiger partial charge in [-0.05, 0) is 117 Å². The van der Waals surface area contributed by atoms with Crippen LogP contribution in [0, 0.1) is 0 Å². The van der Waals surface area contributed by atoms with Gasteiger partial charge in [0.1, 0.15) is 11.7 Å². The predicted octanol–water partition coefficient (Wildman–Crippen LogP) is 16.8. The topological polar surface area (TPSA) is 42.5 Å². The summed E-state index contributed by atoms with van der Waals surface area (Å²) in [4.78, 5) is 5.85. The molecule has 0 spiro atoms. The molecule has 1 aliphatic rings. The van der Waals surface area contributed by atoms with Gasteiger partial charge in [0.05, 0.1) is 16.7 Å². The molecule has 1 atom stereocenters. The lowest BCUT2D eigenvalue weighted by Gasteiger charge is -2.26. The number of furan rings is 1. The van der Waals surface area contributed by atoms with Crippen LogP contribution in [0.2, 0.25) is 0 Å². The van der Waals surface area contributed by atoms with E-state index in [0.717, 1.165) is 68.5 Å². The molecule has 4 heterocycles. The van der Waals surface area contributed by atoms with Crippen LogP contribution in [0.3, 0.4) is 0 Å². The zero-order valence-electron chi connectivity index (χ0n) is 36.2. The van der Waals surface area contributed by atoms with Crippen LogP contribution in [0.4, 0.5) is 0 Å². The van der Waals surface area contributed by atoms with Gasteiger partial charge in [-0.15, -0.1) is 11.3 Å². The molecule has 0 fully saturated rings. The predicted molar refractivity (Wildman–Crippen MR) is 281 cm³/mol. The van der Waals surface area contributed by atoms with E-state index in [2.05, 4.69) is 211 Å². The van der Waals surface area contributed by atoms with E-state index in [4.69, 9.17) is 9.41 Å². The maximum Gasteiger partial charge on any atom is 0.159 e. The summed E-state index contributed by atoms with van der Waals surface area (Å²) in [7, 11) is 0. The van der Waals surface area contributed by atoms with Crippen LogP contribution >= 0.6 is 11.3 Å². The molecule has 0 radical (unpaired) electrons. The van der Waals surface area contributed by atoms with Gasteiger partial charge in [0.15, 0.2) is 5.58 Å². The number of rotatable bonds is 4. The normalized spacial score (nSPS) is 16.8. The van der Waals surface area contributed by atoms with Crippen LogP contribution in [0.15, 0.2) is 209 Å². The molecule has 5 heteroatoms. The number of hydrogen-bond donors (Lipinski definition) is 1. The third-order valence-corrected chi connectivity index (χ3v) is 15.2. The van der Waals surface area contributed by atoms with E-state index < -0.39 is 0 Å². The van der Waals surface area contributed by atoms with Crippen molar-refractivity contribution >= 4 is 119 Å². The maximum absolute atomic E-state index is 6.98. The van der Waals surface area contributed by atoms with E-state index in [0.29, 0.717) is 0 Å². The Morgan fingerprint density at radius 2 is 1.20 bits per heavy atom. The van der Waals surface area contributed by atoms with Crippen molar-refractivity contribution in [2.75, 3.05) is 0 Å². The number of fused-ring (bicyclic) bond motifs is 13. The standard InChI is InChI=1S/C61H41N3OS/c1-36-22-29-52(62-61(63-58(36)42-24-23-37-12-2-3-14-39(37)30-42)43-26-27-48-47-19-9-11-21-56(47)66-57(48)35-43)44-32-51-46-18-8-10-20-55(46)65-60(51)54(34-44)64-53-33-41-16-5-4-15-40(41)31-50(53)49-28-25-38-13-6-7-17-45(38)59(49)64/h2-21,23-28,30-35,61,63H,22,29H2,1H3/b58-36+,62-52+. The molecule has 1 N–H and O–H groups in total. The largest absolute Gasteiger partial charge is 0.454 e. The second kappa shape index (κ2) is 14.5. The van der Waals surface area contributed by atoms with Crippen LogP contribution in [-0.4, -0.2) is 10.3 Å². The molecule has 4 nitrogen and oxygen atoms in total. The molecule has 14 rings (SSSR count). The quantitative estimate of drug-likeness (QED) is 0.192. The second-order valence-corrected chi connectivity index (χ2v) is 19.0. The number of benzene rings is 10. The molecule has 10 aromatic carbocycles. The van der Waals surface area contributed by atoms with Crippen LogP contribution < -0.4 is 5.32 Å². The molecule has 66 heavy (non-hydrogen) atoms. The summed E-state index contributed by atoms with van der Waals surface area (Å²) in [6.45, 7) is 2.29. The highest BCUT2D eigenvalue weighted by molar-refractivity contribution is 7.25. The first-order chi connectivity index (χ1) is 32.6. The minimum absolute atomic E-state index is 0.352. The van der Waals surface area contributed by atoms with Crippen molar-refractivity contribution in [2.45, 2.75) is 25.9 Å². The average Bonchev–Trinajstić information content (AvgIpc) is 4.03. The molecule has 3 aromatic heterocycles. The van der Waals surface area contributed by atoms with E-state index in [1.807, 2.05) is 11.3 Å². The first kappa shape index (κ1) is 37.4. The minimum atomic E-state index is -0.352. The lowest BCUT2D eigenvalue weighted by molar-refractivity contribution is 0.657. The highest BCUT2D eigenvalue weighted by Gasteiger charge is 2.25. The third kappa shape index (κ3) is 5.80. The molecular weight excluding hydrogens is 823 g/mol. The Morgan fingerprint density at radius 3 is 2.06 bits per heavy atom. The molecule has 1 unspecified atom stereocenters. The highest BCUT2D eigenvalue weighted by Crippen LogP contribution is 2.43. The molecule has 312 valence electrons. The van der Waals surface area contributed by atoms with Crippen molar-refractivity contribution in [3.05, 3.63) is 216 Å². The first-order valence-corrected chi connectivity index (χ1v) is 23.7. The molecule has 0 saturated heterocycles. The number of nitrogens with zero attached hydrogens (tertiary/aromatic N) is 2. The Morgan fingerprint density at radius 1 is 0.515 bits per heavy atom. The van der Waals surface area contributed by atoms with Crippen molar-refractivity contribution in [3.63, 3.8) is 0 Å². The lowest BCUT2D eigenvalue weighted by Crippen LogP contribution is -2.23. The molecule has 0 saturated carbocycles. The van der Waals surface area contributed by atoms with Crippen molar-refractivity contribution < 1.29 is 4.42 Å². The summed E-state index contributed by atoms with van der Waals surface area (Å²) in [5, 5.41) is 18.6. The van der Waals surface area contributed by atoms with Crippen molar-refractivity contribution in [1.82, 2.24) is 9.88 Å². The van der Waals surface area contributed by atoms with Crippen LogP contribution in [-0.2, 0) is 0 Å². The van der Waals surface area contributed by atoms with Gasteiger partial charge in [0, 0.05) is 58.5 Å². The Hall–Kier alpha value is -7.99. The number of aliphatic imine (C=N–C) groups is 1. The molecule has 1 aliphatic heterocycles. The maximum atomic E-state index is 6.98. The number of nitrogens with one attached hydrogen (secondary N) is 1. The highest BCUT2D eigenvalue weighted by atomic mass is 32.1. The summed E-state index contributed by atoms with van der Waals surface area (Å²) >= 11 is 1.85. The molecule has 0 bridgehead atoms. The monoisotopic (exact) mass is 863 g/mol. The fraction of sp³-hybridized carbons (Fsp3) is 0.0656. The van der Waals surface area contributed by atoms with Gasteiger partial charge in [-0.1, -0.05) is 146 Å². The number of thiophene rings is 1. The average molecular weight is 864 g/mol. The number of hydrogen-bond acceptors (Lipinski definition) is 4. The van der Waals surface area contributed by atoms with Gasteiger partial charge in [-0.25, -0.2) is 0 Å². The Kier molecular flexibility index (Phi) is 8.22. The minimum Gasteiger partial charge on any atom is -0.454 e. The van der Waals surface area contributed by atoms with Gasteiger partial charge in [0.25, 0.3) is 0 Å². The Labute approximate surface area is 384 Å². The van der Waals surface area contributed by atoms with E-state index in [1.54, 1.807) is 0 Å². The fourth-order valence-corrected chi connectivity index (χ4v) is 11.9. The Balaban J connectivity index is 1.03. The zero-order chi connectivity index (χ0) is 43.5. The summed E-state index contributed by atoms with van der Waals surface area (Å²) in [6, 6.07) is 71.0. The second-order valence-electron chi connectivity index (χ2n) is 17.9. The molecule has 0 aliphatic carbocycles. The first-order valence-electron chi connectivity index (χ1n) is 22.8. The fourth-order valence-electron chi connectivity index (χ4n) is 10.8. The lowest BCUT2D eigenvalue weighted by atomic mass is 9.95. The smallest absolute Gasteiger partial charge is 0.159 e. The summed E-state index contributed by atoms with van der Waals surface area (Å²) in [6.07, 6.45) is 1.27. The molecule has 13 aromatic rings. The zero-order valence-corrected chi connectivity index (χ0v) is 37.0. The van der Waals surface area contributed by atoms with Crippen LogP contribution in [0.1, 0.15) is 42.6 Å². The van der Waals surface area contributed by atoms with Crippen LogP contribution in [0.25, 0.3) is 108 Å². The van der Waals surface area contributed by atoms with E-state index in [9.17, 15) is 0 Å². The van der Waals surface area contributed by atoms with Crippen LogP contribution in [0.5, 0.6) is 0 Å². The van der Waals surface area contributed by atoms with E-state index in [1.165, 1.54) is 79.9 Å². The van der Waals surface area contributed by atoms with Gasteiger partial charge in [-0.3, -0.25) is 4.99 Å². The summed E-state index contributed by atoms with van der Waals surface area (Å²) < 4.78 is 12.0. The van der Waals surface area contributed by atoms with Crippen molar-refractivity contribution in [3.8, 4) is 5.69 Å². The van der Waals surface area contributed by atoms with E-state index >= 15 is 0 Å². The van der Waals surface area contributed by atoms with Gasteiger partial charge in [0.2, 0.25) is 0 Å². The number of aromatic nitrogens is 1. The molecular formula is C61H41N3OS. The van der Waals surface area contributed by atoms with Crippen molar-refractivity contribution in [2.24, 2.45) is 4.99 Å². The van der Waals surface area contributed by atoms with Gasteiger partial charge >= 0.3 is 0 Å². The summed E-state index contributed by atoms with van der Waals surface area (Å²) in [5.41, 5.74) is 12.0. The number of para-hydroxylation sites is 1. The SMILES string of the molecule is C/C1=C(/c2ccc3ccccc3c2)NC(c2ccc3c(c2)sc2ccccc23)/N=C(/c2cc(-n3c4cc5ccccc5cc4c4ccc5ccccc5c43)c3oc4ccccc4c3c2)CC1.